The molecule has 0 saturated heterocycles. The summed E-state index contributed by atoms with van der Waals surface area (Å²) in [5.41, 5.74) is 1.42. The van der Waals surface area contributed by atoms with Gasteiger partial charge in [0.05, 0.1) is 11.3 Å². The highest BCUT2D eigenvalue weighted by Crippen LogP contribution is 2.17. The first-order valence-corrected chi connectivity index (χ1v) is 8.76. The minimum Gasteiger partial charge on any atom is -0.481 e. The van der Waals surface area contributed by atoms with Crippen molar-refractivity contribution in [3.05, 3.63) is 29.3 Å². The quantitative estimate of drug-likeness (QED) is 0.876. The van der Waals surface area contributed by atoms with Crippen molar-refractivity contribution in [2.75, 3.05) is 6.26 Å². The molecule has 1 aromatic rings. The molecule has 0 bridgehead atoms. The number of hydrogen-bond acceptors (Lipinski definition) is 3. The maximum atomic E-state index is 11.5. The Balaban J connectivity index is 0.00000172. The van der Waals surface area contributed by atoms with E-state index in [-0.39, 0.29) is 11.3 Å². The van der Waals surface area contributed by atoms with Crippen LogP contribution in [0, 0.1) is 0 Å². The summed E-state index contributed by atoms with van der Waals surface area (Å²) in [7, 11) is -3.30. The van der Waals surface area contributed by atoms with E-state index >= 15 is 0 Å². The highest BCUT2D eigenvalue weighted by atomic mass is 32.2. The van der Waals surface area contributed by atoms with E-state index in [2.05, 4.69) is 6.92 Å². The van der Waals surface area contributed by atoms with E-state index < -0.39 is 15.8 Å². The highest BCUT2D eigenvalue weighted by molar-refractivity contribution is 7.90. The highest BCUT2D eigenvalue weighted by Gasteiger charge is 2.11. The summed E-state index contributed by atoms with van der Waals surface area (Å²) in [4.78, 5) is 10.9. The fraction of sp³-hybridized carbons (Fsp3) is 0.533. The molecule has 0 aliphatic heterocycles. The van der Waals surface area contributed by atoms with Crippen LogP contribution < -0.4 is 0 Å². The molecule has 0 aromatic heterocycles. The van der Waals surface area contributed by atoms with Crippen molar-refractivity contribution in [1.82, 2.24) is 0 Å². The van der Waals surface area contributed by atoms with Gasteiger partial charge in [-0.05, 0) is 36.1 Å². The molecule has 0 unspecified atom stereocenters. The molecule has 114 valence electrons. The van der Waals surface area contributed by atoms with E-state index in [1.54, 1.807) is 12.1 Å². The third kappa shape index (κ3) is 6.70. The Kier molecular flexibility index (Phi) is 8.15. The van der Waals surface area contributed by atoms with Crippen LogP contribution in [0.1, 0.15) is 44.7 Å². The lowest BCUT2D eigenvalue weighted by Crippen LogP contribution is -2.04. The molecule has 1 aromatic carbocycles. The van der Waals surface area contributed by atoms with Crippen molar-refractivity contribution in [3.63, 3.8) is 0 Å². The maximum Gasteiger partial charge on any atom is 0.307 e. The van der Waals surface area contributed by atoms with Crippen molar-refractivity contribution in [3.8, 4) is 0 Å². The number of carboxylic acid groups (broad SMARTS) is 1. The SMILES string of the molecule is CC.CCCCc1cc(CC(=O)O)cc(S(C)(=O)=O)c1. The van der Waals surface area contributed by atoms with E-state index in [9.17, 15) is 13.2 Å². The van der Waals surface area contributed by atoms with Gasteiger partial charge in [-0.2, -0.15) is 0 Å². The van der Waals surface area contributed by atoms with Crippen molar-refractivity contribution in [2.45, 2.75) is 51.3 Å². The van der Waals surface area contributed by atoms with Gasteiger partial charge in [0.25, 0.3) is 0 Å². The second-order valence-corrected chi connectivity index (χ2v) is 6.45. The van der Waals surface area contributed by atoms with Crippen LogP contribution in [0.4, 0.5) is 0 Å². The molecule has 0 saturated carbocycles. The van der Waals surface area contributed by atoms with Crippen LogP contribution in [0.3, 0.4) is 0 Å². The molecule has 0 amide bonds. The molecule has 4 nitrogen and oxygen atoms in total. The van der Waals surface area contributed by atoms with Crippen LogP contribution in [0.25, 0.3) is 0 Å². The van der Waals surface area contributed by atoms with E-state index in [1.165, 1.54) is 6.07 Å². The fourth-order valence-electron chi connectivity index (χ4n) is 1.74. The van der Waals surface area contributed by atoms with Gasteiger partial charge in [0.15, 0.2) is 9.84 Å². The second-order valence-electron chi connectivity index (χ2n) is 4.43. The van der Waals surface area contributed by atoms with Crippen LogP contribution in [-0.2, 0) is 27.5 Å². The van der Waals surface area contributed by atoms with E-state index in [1.807, 2.05) is 13.8 Å². The summed E-state index contributed by atoms with van der Waals surface area (Å²) in [5, 5.41) is 8.78. The lowest BCUT2D eigenvalue weighted by molar-refractivity contribution is -0.136. The number of aliphatic carboxylic acids is 1. The summed E-state index contributed by atoms with van der Waals surface area (Å²) in [5.74, 6) is -0.956. The summed E-state index contributed by atoms with van der Waals surface area (Å²) in [6.45, 7) is 6.05. The summed E-state index contributed by atoms with van der Waals surface area (Å²) in [6, 6.07) is 4.85. The molecule has 0 aliphatic rings. The molecule has 0 fully saturated rings. The Morgan fingerprint density at radius 1 is 1.15 bits per heavy atom. The molecule has 1 N–H and O–H groups in total. The zero-order valence-corrected chi connectivity index (χ0v) is 13.5. The predicted molar refractivity (Wildman–Crippen MR) is 80.9 cm³/mol. The van der Waals surface area contributed by atoms with Gasteiger partial charge in [0, 0.05) is 6.26 Å². The molecule has 5 heteroatoms. The third-order valence-electron chi connectivity index (χ3n) is 2.63. The molecule has 0 atom stereocenters. The van der Waals surface area contributed by atoms with Gasteiger partial charge in [-0.15, -0.1) is 0 Å². The van der Waals surface area contributed by atoms with Crippen LogP contribution in [0.5, 0.6) is 0 Å². The van der Waals surface area contributed by atoms with Gasteiger partial charge >= 0.3 is 5.97 Å². The monoisotopic (exact) mass is 300 g/mol. The molecule has 0 aliphatic carbocycles. The number of carbonyl (C=O) groups is 1. The first kappa shape index (κ1) is 18.6. The van der Waals surface area contributed by atoms with Gasteiger partial charge in [0.2, 0.25) is 0 Å². The molecular formula is C15H24O4S. The average Bonchev–Trinajstić information content (AvgIpc) is 2.36. The second kappa shape index (κ2) is 8.74. The first-order valence-electron chi connectivity index (χ1n) is 6.87. The van der Waals surface area contributed by atoms with Crippen LogP contribution >= 0.6 is 0 Å². The standard InChI is InChI=1S/C13H18O4S.C2H6/c1-3-4-5-10-6-11(9-13(14)15)8-12(7-10)18(2,16)17;1-2/h6-8H,3-5,9H2,1-2H3,(H,14,15);1-2H3. The first-order chi connectivity index (χ1) is 9.32. The third-order valence-corrected chi connectivity index (χ3v) is 3.72. The van der Waals surface area contributed by atoms with Gasteiger partial charge in [0.1, 0.15) is 0 Å². The summed E-state index contributed by atoms with van der Waals surface area (Å²) < 4.78 is 23.1. The molecule has 1 rings (SSSR count). The Morgan fingerprint density at radius 2 is 1.70 bits per heavy atom. The number of aryl methyl sites for hydroxylation is 1. The molecule has 0 radical (unpaired) electrons. The number of benzene rings is 1. The minimum atomic E-state index is -3.30. The Bertz CT molecular complexity index is 533. The van der Waals surface area contributed by atoms with E-state index in [0.29, 0.717) is 5.56 Å². The number of hydrogen-bond donors (Lipinski definition) is 1. The van der Waals surface area contributed by atoms with Gasteiger partial charge in [-0.1, -0.05) is 33.3 Å². The Morgan fingerprint density at radius 3 is 2.15 bits per heavy atom. The zero-order chi connectivity index (χ0) is 15.8. The molecule has 0 heterocycles. The van der Waals surface area contributed by atoms with Crippen LogP contribution in [0.15, 0.2) is 23.1 Å². The lowest BCUT2D eigenvalue weighted by Gasteiger charge is -2.07. The topological polar surface area (TPSA) is 71.4 Å². The summed E-state index contributed by atoms with van der Waals surface area (Å²) >= 11 is 0. The number of rotatable bonds is 6. The number of carboxylic acids is 1. The van der Waals surface area contributed by atoms with Gasteiger partial charge in [-0.25, -0.2) is 8.42 Å². The number of sulfone groups is 1. The predicted octanol–water partition coefficient (Wildman–Crippen LogP) is 3.09. The maximum absolute atomic E-state index is 11.5. The van der Waals surface area contributed by atoms with Crippen molar-refractivity contribution >= 4 is 15.8 Å². The normalized spacial score (nSPS) is 10.6. The summed E-state index contributed by atoms with van der Waals surface area (Å²) in [6.07, 6.45) is 3.72. The zero-order valence-electron chi connectivity index (χ0n) is 12.6. The van der Waals surface area contributed by atoms with Gasteiger partial charge < -0.3 is 5.11 Å². The van der Waals surface area contributed by atoms with Crippen molar-refractivity contribution in [1.29, 1.82) is 0 Å². The molecular weight excluding hydrogens is 276 g/mol. The van der Waals surface area contributed by atoms with E-state index in [0.717, 1.165) is 31.1 Å². The smallest absolute Gasteiger partial charge is 0.307 e. The Hall–Kier alpha value is -1.36. The van der Waals surface area contributed by atoms with Gasteiger partial charge in [-0.3, -0.25) is 4.79 Å². The Labute approximate surface area is 121 Å². The lowest BCUT2D eigenvalue weighted by atomic mass is 10.0. The fourth-order valence-corrected chi connectivity index (χ4v) is 2.48. The van der Waals surface area contributed by atoms with Crippen molar-refractivity contribution < 1.29 is 18.3 Å². The molecule has 0 spiro atoms. The van der Waals surface area contributed by atoms with Crippen molar-refractivity contribution in [2.24, 2.45) is 0 Å². The molecule has 20 heavy (non-hydrogen) atoms. The van der Waals surface area contributed by atoms with Crippen LogP contribution in [0.2, 0.25) is 0 Å². The number of unbranched alkanes of at least 4 members (excludes halogenated alkanes) is 1. The minimum absolute atomic E-state index is 0.150. The average molecular weight is 300 g/mol. The van der Waals surface area contributed by atoms with Crippen LogP contribution in [-0.4, -0.2) is 25.7 Å². The van der Waals surface area contributed by atoms with E-state index in [4.69, 9.17) is 5.11 Å². The largest absolute Gasteiger partial charge is 0.481 e.